The van der Waals surface area contributed by atoms with Crippen LogP contribution in [-0.2, 0) is 11.2 Å². The second-order valence-electron chi connectivity index (χ2n) is 5.05. The van der Waals surface area contributed by atoms with Crippen LogP contribution < -0.4 is 5.73 Å². The highest BCUT2D eigenvalue weighted by Gasteiger charge is 2.27. The van der Waals surface area contributed by atoms with E-state index in [4.69, 9.17) is 10.5 Å². The SMILES string of the molecule is CCc1ccc2c(c1)C(N)c1cc(C(=O)OC)ccc1-2. The molecule has 0 fully saturated rings. The highest BCUT2D eigenvalue weighted by molar-refractivity contribution is 5.92. The third-order valence-corrected chi connectivity index (χ3v) is 3.96. The van der Waals surface area contributed by atoms with Crippen molar-refractivity contribution in [2.24, 2.45) is 5.73 Å². The summed E-state index contributed by atoms with van der Waals surface area (Å²) >= 11 is 0. The van der Waals surface area contributed by atoms with Gasteiger partial charge in [0.25, 0.3) is 0 Å². The van der Waals surface area contributed by atoms with Gasteiger partial charge in [-0.15, -0.1) is 0 Å². The van der Waals surface area contributed by atoms with E-state index in [2.05, 4.69) is 25.1 Å². The van der Waals surface area contributed by atoms with Crippen molar-refractivity contribution in [1.29, 1.82) is 0 Å². The number of esters is 1. The number of carbonyl (C=O) groups is 1. The summed E-state index contributed by atoms with van der Waals surface area (Å²) in [5.41, 5.74) is 12.6. The molecule has 0 heterocycles. The van der Waals surface area contributed by atoms with E-state index in [0.29, 0.717) is 5.56 Å². The molecule has 1 aliphatic rings. The lowest BCUT2D eigenvalue weighted by molar-refractivity contribution is 0.0600. The zero-order valence-corrected chi connectivity index (χ0v) is 11.6. The van der Waals surface area contributed by atoms with Crippen LogP contribution in [0.4, 0.5) is 0 Å². The van der Waals surface area contributed by atoms with Crippen LogP contribution in [0.25, 0.3) is 11.1 Å². The number of ether oxygens (including phenoxy) is 1. The maximum absolute atomic E-state index is 11.6. The van der Waals surface area contributed by atoms with Gasteiger partial charge >= 0.3 is 5.97 Å². The summed E-state index contributed by atoms with van der Waals surface area (Å²) in [6.45, 7) is 2.13. The molecule has 3 nitrogen and oxygen atoms in total. The van der Waals surface area contributed by atoms with Gasteiger partial charge in [0.05, 0.1) is 18.7 Å². The molecular weight excluding hydrogens is 250 g/mol. The number of carbonyl (C=O) groups excluding carboxylic acids is 1. The second kappa shape index (κ2) is 4.76. The Kier molecular flexibility index (Phi) is 3.07. The molecule has 2 aromatic carbocycles. The number of hydrogen-bond acceptors (Lipinski definition) is 3. The van der Waals surface area contributed by atoms with Gasteiger partial charge in [-0.1, -0.05) is 31.2 Å². The zero-order valence-electron chi connectivity index (χ0n) is 11.6. The number of hydrogen-bond donors (Lipinski definition) is 1. The van der Waals surface area contributed by atoms with Crippen molar-refractivity contribution in [3.63, 3.8) is 0 Å². The third-order valence-electron chi connectivity index (χ3n) is 3.96. The Morgan fingerprint density at radius 2 is 1.80 bits per heavy atom. The standard InChI is InChI=1S/C17H17NO2/c1-3-10-4-6-12-13-7-5-11(17(19)20-2)9-15(13)16(18)14(12)8-10/h4-9,16H,3,18H2,1-2H3. The number of methoxy groups -OCH3 is 1. The minimum atomic E-state index is -0.329. The first kappa shape index (κ1) is 12.9. The van der Waals surface area contributed by atoms with Gasteiger partial charge < -0.3 is 10.5 Å². The summed E-state index contributed by atoms with van der Waals surface area (Å²) in [5, 5.41) is 0. The van der Waals surface area contributed by atoms with E-state index in [1.54, 1.807) is 6.07 Å². The van der Waals surface area contributed by atoms with Crippen LogP contribution in [0.15, 0.2) is 36.4 Å². The molecule has 0 radical (unpaired) electrons. The van der Waals surface area contributed by atoms with E-state index in [-0.39, 0.29) is 12.0 Å². The molecule has 1 atom stereocenters. The van der Waals surface area contributed by atoms with Gasteiger partial charge in [-0.05, 0) is 46.4 Å². The van der Waals surface area contributed by atoms with E-state index in [1.807, 2.05) is 12.1 Å². The van der Waals surface area contributed by atoms with Gasteiger partial charge in [0, 0.05) is 0 Å². The molecule has 0 spiro atoms. The third kappa shape index (κ3) is 1.82. The lowest BCUT2D eigenvalue weighted by Crippen LogP contribution is -2.10. The Hall–Kier alpha value is -2.13. The average molecular weight is 267 g/mol. The Balaban J connectivity index is 2.12. The smallest absolute Gasteiger partial charge is 0.337 e. The first-order valence-corrected chi connectivity index (χ1v) is 6.76. The quantitative estimate of drug-likeness (QED) is 0.851. The van der Waals surface area contributed by atoms with E-state index >= 15 is 0 Å². The van der Waals surface area contributed by atoms with Crippen molar-refractivity contribution in [3.8, 4) is 11.1 Å². The Bertz CT molecular complexity index is 691. The van der Waals surface area contributed by atoms with Crippen LogP contribution in [0.3, 0.4) is 0 Å². The zero-order chi connectivity index (χ0) is 14.3. The second-order valence-corrected chi connectivity index (χ2v) is 5.05. The molecule has 20 heavy (non-hydrogen) atoms. The minimum Gasteiger partial charge on any atom is -0.465 e. The van der Waals surface area contributed by atoms with E-state index in [0.717, 1.165) is 23.1 Å². The Labute approximate surface area is 118 Å². The van der Waals surface area contributed by atoms with Crippen LogP contribution in [0, 0.1) is 0 Å². The fourth-order valence-corrected chi connectivity index (χ4v) is 2.81. The molecule has 0 aliphatic heterocycles. The normalized spacial score (nSPS) is 15.7. The van der Waals surface area contributed by atoms with Crippen LogP contribution in [-0.4, -0.2) is 13.1 Å². The van der Waals surface area contributed by atoms with Gasteiger partial charge in [0.2, 0.25) is 0 Å². The topological polar surface area (TPSA) is 52.3 Å². The highest BCUT2D eigenvalue weighted by atomic mass is 16.5. The van der Waals surface area contributed by atoms with E-state index in [9.17, 15) is 4.79 Å². The van der Waals surface area contributed by atoms with Crippen LogP contribution >= 0.6 is 0 Å². The van der Waals surface area contributed by atoms with Crippen LogP contribution in [0.1, 0.15) is 40.0 Å². The molecule has 0 saturated carbocycles. The molecule has 2 aromatic rings. The van der Waals surface area contributed by atoms with Gasteiger partial charge in [0.15, 0.2) is 0 Å². The molecule has 0 saturated heterocycles. The summed E-state index contributed by atoms with van der Waals surface area (Å²) in [4.78, 5) is 11.6. The van der Waals surface area contributed by atoms with Gasteiger partial charge in [-0.25, -0.2) is 4.79 Å². The molecule has 102 valence electrons. The maximum Gasteiger partial charge on any atom is 0.337 e. The number of fused-ring (bicyclic) bond motifs is 3. The molecule has 0 bridgehead atoms. The first-order valence-electron chi connectivity index (χ1n) is 6.76. The fourth-order valence-electron chi connectivity index (χ4n) is 2.81. The summed E-state index contributed by atoms with van der Waals surface area (Å²) in [7, 11) is 1.39. The number of nitrogens with two attached hydrogens (primary N) is 1. The molecule has 1 aliphatic carbocycles. The lowest BCUT2D eigenvalue weighted by Gasteiger charge is -2.08. The van der Waals surface area contributed by atoms with Crippen molar-refractivity contribution >= 4 is 5.97 Å². The predicted molar refractivity (Wildman–Crippen MR) is 78.6 cm³/mol. The molecule has 3 heteroatoms. The molecule has 0 amide bonds. The molecule has 3 rings (SSSR count). The van der Waals surface area contributed by atoms with Crippen molar-refractivity contribution in [1.82, 2.24) is 0 Å². The fraction of sp³-hybridized carbons (Fsp3) is 0.235. The van der Waals surface area contributed by atoms with Crippen molar-refractivity contribution in [3.05, 3.63) is 58.7 Å². The summed E-state index contributed by atoms with van der Waals surface area (Å²) in [5.74, 6) is -0.329. The average Bonchev–Trinajstić information content (AvgIpc) is 2.78. The summed E-state index contributed by atoms with van der Waals surface area (Å²) in [6, 6.07) is 11.8. The van der Waals surface area contributed by atoms with Crippen molar-refractivity contribution in [2.45, 2.75) is 19.4 Å². The molecule has 1 unspecified atom stereocenters. The highest BCUT2D eigenvalue weighted by Crippen LogP contribution is 2.42. The van der Waals surface area contributed by atoms with E-state index in [1.165, 1.54) is 18.2 Å². The largest absolute Gasteiger partial charge is 0.465 e. The summed E-state index contributed by atoms with van der Waals surface area (Å²) in [6.07, 6.45) is 0.990. The number of benzene rings is 2. The van der Waals surface area contributed by atoms with Gasteiger partial charge in [-0.2, -0.15) is 0 Å². The van der Waals surface area contributed by atoms with Crippen LogP contribution in [0.5, 0.6) is 0 Å². The van der Waals surface area contributed by atoms with E-state index < -0.39 is 0 Å². The molecular formula is C17H17NO2. The van der Waals surface area contributed by atoms with Gasteiger partial charge in [-0.3, -0.25) is 0 Å². The number of aryl methyl sites for hydroxylation is 1. The lowest BCUT2D eigenvalue weighted by atomic mass is 10.0. The monoisotopic (exact) mass is 267 g/mol. The molecule has 2 N–H and O–H groups in total. The Morgan fingerprint density at radius 1 is 1.15 bits per heavy atom. The first-order chi connectivity index (χ1) is 9.65. The van der Waals surface area contributed by atoms with Crippen LogP contribution in [0.2, 0.25) is 0 Å². The number of rotatable bonds is 2. The van der Waals surface area contributed by atoms with Gasteiger partial charge in [0.1, 0.15) is 0 Å². The molecule has 0 aromatic heterocycles. The Morgan fingerprint density at radius 3 is 2.45 bits per heavy atom. The predicted octanol–water partition coefficient (Wildman–Crippen LogP) is 3.06. The van der Waals surface area contributed by atoms with Crippen molar-refractivity contribution < 1.29 is 9.53 Å². The van der Waals surface area contributed by atoms with Crippen molar-refractivity contribution in [2.75, 3.05) is 7.11 Å². The summed E-state index contributed by atoms with van der Waals surface area (Å²) < 4.78 is 4.77. The maximum atomic E-state index is 11.6. The minimum absolute atomic E-state index is 0.170.